The first kappa shape index (κ1) is 14.5. The first-order valence-corrected chi connectivity index (χ1v) is 7.99. The fraction of sp³-hybridized carbons (Fsp3) is 0. The summed E-state index contributed by atoms with van der Waals surface area (Å²) in [6, 6.07) is 12.4. The zero-order valence-corrected chi connectivity index (χ0v) is 13.3. The molecule has 6 heteroatoms. The molecule has 0 saturated heterocycles. The van der Waals surface area contributed by atoms with Crippen LogP contribution in [0, 0.1) is 0 Å². The van der Waals surface area contributed by atoms with Gasteiger partial charge in [0, 0.05) is 21.5 Å². The van der Waals surface area contributed by atoms with E-state index in [2.05, 4.69) is 9.97 Å². The molecule has 0 atom stereocenters. The van der Waals surface area contributed by atoms with E-state index in [0.29, 0.717) is 43.6 Å². The van der Waals surface area contributed by atoms with Gasteiger partial charge < -0.3 is 20.2 Å². The first-order valence-electron chi connectivity index (χ1n) is 7.99. The third-order valence-corrected chi connectivity index (χ3v) is 4.68. The van der Waals surface area contributed by atoms with E-state index in [-0.39, 0.29) is 22.4 Å². The van der Waals surface area contributed by atoms with Crippen molar-refractivity contribution in [1.82, 2.24) is 9.97 Å². The lowest BCUT2D eigenvalue weighted by molar-refractivity contribution is 0.475. The van der Waals surface area contributed by atoms with Crippen molar-refractivity contribution in [3.05, 3.63) is 69.0 Å². The van der Waals surface area contributed by atoms with Gasteiger partial charge in [-0.25, -0.2) is 0 Å². The summed E-state index contributed by atoms with van der Waals surface area (Å²) in [5, 5.41) is 20.9. The van der Waals surface area contributed by atoms with Gasteiger partial charge in [-0.2, -0.15) is 0 Å². The van der Waals surface area contributed by atoms with Gasteiger partial charge >= 0.3 is 0 Å². The number of rotatable bonds is 0. The second kappa shape index (κ2) is 4.86. The molecule has 0 aliphatic rings. The lowest BCUT2D eigenvalue weighted by atomic mass is 10.1. The van der Waals surface area contributed by atoms with Crippen LogP contribution in [0.25, 0.3) is 43.6 Å². The predicted octanol–water partition coefficient (Wildman–Crippen LogP) is 3.09. The van der Waals surface area contributed by atoms with E-state index in [1.807, 2.05) is 0 Å². The summed E-state index contributed by atoms with van der Waals surface area (Å²) >= 11 is 0. The topological polar surface area (TPSA) is 106 Å². The number of aromatic amines is 2. The van der Waals surface area contributed by atoms with E-state index in [1.165, 1.54) is 24.3 Å². The van der Waals surface area contributed by atoms with Crippen molar-refractivity contribution in [2.75, 3.05) is 0 Å². The molecule has 2 heterocycles. The molecule has 0 radical (unpaired) electrons. The molecular formula is C20H12N2O4. The van der Waals surface area contributed by atoms with Gasteiger partial charge in [0.05, 0.1) is 22.1 Å². The molecule has 0 unspecified atom stereocenters. The van der Waals surface area contributed by atoms with Gasteiger partial charge in [0.2, 0.25) is 0 Å². The second-order valence-electron chi connectivity index (χ2n) is 6.31. The molecule has 3 aromatic carbocycles. The quantitative estimate of drug-likeness (QED) is 0.324. The van der Waals surface area contributed by atoms with Crippen molar-refractivity contribution < 1.29 is 10.2 Å². The minimum absolute atomic E-state index is 0.0161. The van der Waals surface area contributed by atoms with Gasteiger partial charge in [0.15, 0.2) is 10.9 Å². The molecule has 0 aliphatic heterocycles. The van der Waals surface area contributed by atoms with Crippen molar-refractivity contribution in [3.8, 4) is 11.5 Å². The van der Waals surface area contributed by atoms with Gasteiger partial charge in [0.25, 0.3) is 0 Å². The molecule has 126 valence electrons. The summed E-state index contributed by atoms with van der Waals surface area (Å²) in [5.74, 6) is 0.0321. The van der Waals surface area contributed by atoms with E-state index >= 15 is 0 Å². The molecule has 5 rings (SSSR count). The summed E-state index contributed by atoms with van der Waals surface area (Å²) in [4.78, 5) is 31.9. The van der Waals surface area contributed by atoms with Gasteiger partial charge in [0.1, 0.15) is 11.5 Å². The van der Waals surface area contributed by atoms with E-state index in [0.717, 1.165) is 0 Å². The monoisotopic (exact) mass is 344 g/mol. The normalized spacial score (nSPS) is 11.7. The Morgan fingerprint density at radius 3 is 1.35 bits per heavy atom. The van der Waals surface area contributed by atoms with Crippen LogP contribution in [0.1, 0.15) is 0 Å². The van der Waals surface area contributed by atoms with Gasteiger partial charge in [-0.05, 0) is 48.5 Å². The molecule has 0 aliphatic carbocycles. The Morgan fingerprint density at radius 1 is 0.538 bits per heavy atom. The lowest BCUT2D eigenvalue weighted by Gasteiger charge is -2.07. The van der Waals surface area contributed by atoms with Gasteiger partial charge in [-0.1, -0.05) is 0 Å². The van der Waals surface area contributed by atoms with Crippen molar-refractivity contribution in [2.45, 2.75) is 0 Å². The van der Waals surface area contributed by atoms with Crippen molar-refractivity contribution in [3.63, 3.8) is 0 Å². The Labute approximate surface area is 145 Å². The molecular weight excluding hydrogens is 332 g/mol. The number of pyridine rings is 2. The van der Waals surface area contributed by atoms with Crippen LogP contribution >= 0.6 is 0 Å². The zero-order chi connectivity index (χ0) is 18.0. The summed E-state index contributed by atoms with van der Waals surface area (Å²) in [6.07, 6.45) is 0. The van der Waals surface area contributed by atoms with Crippen LogP contribution in [0.2, 0.25) is 0 Å². The number of phenolic OH excluding ortho intramolecular Hbond substituents is 2. The number of H-pyrrole nitrogens is 2. The maximum Gasteiger partial charge on any atom is 0.197 e. The number of hydrogen-bond donors (Lipinski definition) is 4. The number of nitrogens with one attached hydrogen (secondary N) is 2. The van der Waals surface area contributed by atoms with Gasteiger partial charge in [-0.15, -0.1) is 0 Å². The predicted molar refractivity (Wildman–Crippen MR) is 101 cm³/mol. The summed E-state index contributed by atoms with van der Waals surface area (Å²) < 4.78 is 0. The third kappa shape index (κ3) is 1.92. The fourth-order valence-electron chi connectivity index (χ4n) is 3.42. The minimum Gasteiger partial charge on any atom is -0.508 e. The average molecular weight is 344 g/mol. The molecule has 0 bridgehead atoms. The second-order valence-corrected chi connectivity index (χ2v) is 6.31. The highest BCUT2D eigenvalue weighted by Gasteiger charge is 2.11. The largest absolute Gasteiger partial charge is 0.508 e. The number of aromatic hydroxyl groups is 2. The highest BCUT2D eigenvalue weighted by atomic mass is 16.3. The molecule has 0 spiro atoms. The van der Waals surface area contributed by atoms with Crippen LogP contribution in [0.15, 0.2) is 58.1 Å². The number of hydrogen-bond acceptors (Lipinski definition) is 4. The standard InChI is InChI=1S/C20H12N2O4/c23-9-1-3-15-11(5-9)19(25)13-8-18-14(7-17(13)21-15)20(26)12-6-10(24)2-4-16(12)22-18/h1-8,23-24H,(H,21,25)(H,22,26). The Morgan fingerprint density at radius 2 is 0.923 bits per heavy atom. The smallest absolute Gasteiger partial charge is 0.197 e. The molecule has 26 heavy (non-hydrogen) atoms. The Bertz CT molecular complexity index is 1380. The van der Waals surface area contributed by atoms with Crippen molar-refractivity contribution >= 4 is 43.6 Å². The summed E-state index contributed by atoms with van der Waals surface area (Å²) in [6.45, 7) is 0. The summed E-state index contributed by atoms with van der Waals surface area (Å²) in [7, 11) is 0. The lowest BCUT2D eigenvalue weighted by Crippen LogP contribution is -2.08. The number of benzene rings is 3. The molecule has 0 saturated carbocycles. The third-order valence-electron chi connectivity index (χ3n) is 4.68. The molecule has 6 nitrogen and oxygen atoms in total. The molecule has 0 fully saturated rings. The van der Waals surface area contributed by atoms with Crippen LogP contribution in [-0.2, 0) is 0 Å². The van der Waals surface area contributed by atoms with Crippen molar-refractivity contribution in [2.24, 2.45) is 0 Å². The summed E-state index contributed by atoms with van der Waals surface area (Å²) in [5.41, 5.74) is 1.77. The van der Waals surface area contributed by atoms with Crippen LogP contribution < -0.4 is 10.9 Å². The Balaban J connectivity index is 2.00. The number of aromatic nitrogens is 2. The van der Waals surface area contributed by atoms with Crippen LogP contribution in [0.3, 0.4) is 0 Å². The van der Waals surface area contributed by atoms with E-state index in [1.54, 1.807) is 24.3 Å². The average Bonchev–Trinajstić information content (AvgIpc) is 2.63. The molecule has 5 aromatic rings. The maximum atomic E-state index is 12.8. The molecule has 4 N–H and O–H groups in total. The highest BCUT2D eigenvalue weighted by Crippen LogP contribution is 2.24. The van der Waals surface area contributed by atoms with Crippen LogP contribution in [-0.4, -0.2) is 20.2 Å². The van der Waals surface area contributed by atoms with Crippen LogP contribution in [0.5, 0.6) is 11.5 Å². The van der Waals surface area contributed by atoms with E-state index in [9.17, 15) is 19.8 Å². The minimum atomic E-state index is -0.224. The molecule has 0 amide bonds. The number of phenols is 2. The Hall–Kier alpha value is -3.80. The first-order chi connectivity index (χ1) is 12.5. The van der Waals surface area contributed by atoms with E-state index < -0.39 is 0 Å². The Kier molecular flexibility index (Phi) is 2.72. The maximum absolute atomic E-state index is 12.8. The zero-order valence-electron chi connectivity index (χ0n) is 13.3. The van der Waals surface area contributed by atoms with Gasteiger partial charge in [-0.3, -0.25) is 9.59 Å². The van der Waals surface area contributed by atoms with Crippen molar-refractivity contribution in [1.29, 1.82) is 0 Å². The fourth-order valence-corrected chi connectivity index (χ4v) is 3.42. The van der Waals surface area contributed by atoms with E-state index in [4.69, 9.17) is 0 Å². The van der Waals surface area contributed by atoms with Crippen LogP contribution in [0.4, 0.5) is 0 Å². The highest BCUT2D eigenvalue weighted by molar-refractivity contribution is 6.02. The molecule has 2 aromatic heterocycles. The number of fused-ring (bicyclic) bond motifs is 4. The SMILES string of the molecule is O=c1c2cc(O)ccc2[nH]c2cc3c(=O)c4cc(O)ccc4[nH]c3cc12.